The molecule has 0 aromatic carbocycles. The van der Waals surface area contributed by atoms with Crippen LogP contribution in [0.5, 0.6) is 0 Å². The number of carbonyl (C=O) groups excluding carboxylic acids is 1. The molecule has 0 aliphatic carbocycles. The Morgan fingerprint density at radius 1 is 1.86 bits per heavy atom. The van der Waals surface area contributed by atoms with Crippen molar-refractivity contribution in [3.05, 3.63) is 0 Å². The van der Waals surface area contributed by atoms with Crippen LogP contribution in [0.25, 0.3) is 0 Å². The molecule has 46 valence electrons. The summed E-state index contributed by atoms with van der Waals surface area (Å²) in [6, 6.07) is 0. The summed E-state index contributed by atoms with van der Waals surface area (Å²) in [5, 5.41) is 0. The molecule has 0 atom stereocenters. The molecule has 0 saturated carbocycles. The molecule has 7 heavy (non-hydrogen) atoms. The van der Waals surface area contributed by atoms with E-state index in [1.807, 2.05) is 6.92 Å². The number of carbonyl (C=O) groups is 1. The maximum absolute atomic E-state index is 9.79. The summed E-state index contributed by atoms with van der Waals surface area (Å²) in [7, 11) is 0. The molecule has 0 amide bonds. The Labute approximate surface area is 51.0 Å². The Morgan fingerprint density at radius 2 is 2.43 bits per heavy atom. The zero-order valence-corrected chi connectivity index (χ0v) is 4.97. The van der Waals surface area contributed by atoms with Gasteiger partial charge in [0, 0.05) is 0 Å². The van der Waals surface area contributed by atoms with Crippen LogP contribution in [-0.2, 0) is 20.7 Å². The Hall–Kier alpha value is -0.0105. The predicted octanol–water partition coefficient (Wildman–Crippen LogP) is 1.08. The van der Waals surface area contributed by atoms with Crippen molar-refractivity contribution >= 4 is 4.87 Å². The van der Waals surface area contributed by atoms with Gasteiger partial charge >= 0.3 is 50.4 Å². The van der Waals surface area contributed by atoms with Gasteiger partial charge in [0.05, 0.1) is 0 Å². The quantitative estimate of drug-likeness (QED) is 0.551. The first-order chi connectivity index (χ1) is 3.27. The van der Waals surface area contributed by atoms with E-state index in [0.29, 0.717) is 6.61 Å². The second-order valence-corrected chi connectivity index (χ2v) is 1.44. The van der Waals surface area contributed by atoms with Crippen LogP contribution < -0.4 is 0 Å². The van der Waals surface area contributed by atoms with E-state index in [1.54, 1.807) is 0 Å². The van der Waals surface area contributed by atoms with Gasteiger partial charge in [-0.25, -0.2) is 0 Å². The zero-order chi connectivity index (χ0) is 5.70. The van der Waals surface area contributed by atoms with Crippen LogP contribution in [0.2, 0.25) is 0 Å². The Balaban J connectivity index is 2.82. The molecule has 0 fully saturated rings. The van der Waals surface area contributed by atoms with Gasteiger partial charge in [-0.2, -0.15) is 0 Å². The van der Waals surface area contributed by atoms with E-state index in [9.17, 15) is 4.79 Å². The number of hydrogen-bond donors (Lipinski definition) is 0. The van der Waals surface area contributed by atoms with Gasteiger partial charge in [0.1, 0.15) is 0 Å². The minimum absolute atomic E-state index is 0.442. The topological polar surface area (TPSA) is 26.3 Å². The summed E-state index contributed by atoms with van der Waals surface area (Å²) in [6.07, 6.45) is 0.832. The van der Waals surface area contributed by atoms with Gasteiger partial charge in [-0.1, -0.05) is 0 Å². The summed E-state index contributed by atoms with van der Waals surface area (Å²) in [4.78, 5) is 9.16. The van der Waals surface area contributed by atoms with Crippen LogP contribution in [0.3, 0.4) is 0 Å². The molecule has 0 bridgehead atoms. The minimum atomic E-state index is -0.630. The Morgan fingerprint density at radius 3 is 2.57 bits per heavy atom. The third-order valence-corrected chi connectivity index (χ3v) is 0.545. The second-order valence-electron chi connectivity index (χ2n) is 1.05. The van der Waals surface area contributed by atoms with Gasteiger partial charge in [-0.3, -0.25) is 0 Å². The van der Waals surface area contributed by atoms with Gasteiger partial charge in [0.25, 0.3) is 0 Å². The number of ether oxygens (including phenoxy) is 1. The molecular formula is C4H7CuO2. The first-order valence-corrected chi connectivity index (χ1v) is 2.53. The molecular weight excluding hydrogens is 144 g/mol. The summed E-state index contributed by atoms with van der Waals surface area (Å²) in [5.74, 6) is 0. The van der Waals surface area contributed by atoms with Crippen LogP contribution in [0.15, 0.2) is 0 Å². The molecule has 0 heterocycles. The standard InChI is InChI=1S/C4H7O2.Cu/c1-2-3-6-4-5;/h2-3H2,1H3;. The Kier molecular flexibility index (Phi) is 4.15. The third kappa shape index (κ3) is 5.99. The van der Waals surface area contributed by atoms with E-state index < -0.39 is 4.87 Å². The zero-order valence-electron chi connectivity index (χ0n) is 4.03. The van der Waals surface area contributed by atoms with Crippen molar-refractivity contribution in [2.75, 3.05) is 6.61 Å². The molecule has 0 aliphatic rings. The van der Waals surface area contributed by atoms with Crippen molar-refractivity contribution in [2.24, 2.45) is 0 Å². The SMILES string of the molecule is CCCO[C](=O)[Cu]. The van der Waals surface area contributed by atoms with Crippen LogP contribution in [0, 0.1) is 0 Å². The van der Waals surface area contributed by atoms with Crippen molar-refractivity contribution in [1.82, 2.24) is 0 Å². The van der Waals surface area contributed by atoms with E-state index in [4.69, 9.17) is 0 Å². The first kappa shape index (κ1) is 6.99. The third-order valence-electron chi connectivity index (χ3n) is 0.409. The average Bonchev–Trinajstić information content (AvgIpc) is 1.61. The first-order valence-electron chi connectivity index (χ1n) is 2.05. The van der Waals surface area contributed by atoms with Gasteiger partial charge in [-0.15, -0.1) is 0 Å². The van der Waals surface area contributed by atoms with E-state index in [0.717, 1.165) is 6.42 Å². The van der Waals surface area contributed by atoms with Crippen LogP contribution >= 0.6 is 0 Å². The monoisotopic (exact) mass is 150 g/mol. The van der Waals surface area contributed by atoms with Crippen LogP contribution in [0.1, 0.15) is 13.3 Å². The van der Waals surface area contributed by atoms with Crippen molar-refractivity contribution in [3.8, 4) is 0 Å². The van der Waals surface area contributed by atoms with E-state index in [2.05, 4.69) is 20.7 Å². The summed E-state index contributed by atoms with van der Waals surface area (Å²) >= 11 is 4.22. The second kappa shape index (κ2) is 4.16. The van der Waals surface area contributed by atoms with E-state index >= 15 is 0 Å². The molecule has 0 spiro atoms. The summed E-state index contributed by atoms with van der Waals surface area (Å²) in [6.45, 7) is 2.35. The predicted molar refractivity (Wildman–Crippen MR) is 21.6 cm³/mol. The fraction of sp³-hybridized carbons (Fsp3) is 0.750. The number of rotatable bonds is 2. The van der Waals surface area contributed by atoms with Crippen molar-refractivity contribution in [2.45, 2.75) is 13.3 Å². The van der Waals surface area contributed by atoms with Gasteiger partial charge in [0.2, 0.25) is 0 Å². The fourth-order valence-electron chi connectivity index (χ4n) is 0.175. The van der Waals surface area contributed by atoms with Crippen molar-refractivity contribution in [1.29, 1.82) is 0 Å². The van der Waals surface area contributed by atoms with Crippen LogP contribution in [0.4, 0.5) is 4.79 Å². The summed E-state index contributed by atoms with van der Waals surface area (Å²) < 4.78 is 4.36. The fourth-order valence-corrected chi connectivity index (χ4v) is 0.271. The molecule has 3 heteroatoms. The van der Waals surface area contributed by atoms with Gasteiger partial charge in [0.15, 0.2) is 0 Å². The average molecular weight is 151 g/mol. The molecule has 0 N–H and O–H groups in total. The van der Waals surface area contributed by atoms with E-state index in [-0.39, 0.29) is 0 Å². The van der Waals surface area contributed by atoms with E-state index in [1.165, 1.54) is 0 Å². The molecule has 0 aromatic heterocycles. The molecule has 0 aliphatic heterocycles. The molecule has 0 rings (SSSR count). The van der Waals surface area contributed by atoms with Gasteiger partial charge in [-0.05, 0) is 0 Å². The summed E-state index contributed by atoms with van der Waals surface area (Å²) in [5.41, 5.74) is 0. The molecule has 0 radical (unpaired) electrons. The molecule has 0 saturated heterocycles. The van der Waals surface area contributed by atoms with Crippen molar-refractivity contribution < 1.29 is 25.5 Å². The molecule has 0 unspecified atom stereocenters. The van der Waals surface area contributed by atoms with Crippen molar-refractivity contribution in [3.63, 3.8) is 0 Å². The van der Waals surface area contributed by atoms with Crippen LogP contribution in [-0.4, -0.2) is 11.5 Å². The van der Waals surface area contributed by atoms with Gasteiger partial charge < -0.3 is 0 Å². The molecule has 2 nitrogen and oxygen atoms in total. The number of hydrogen-bond acceptors (Lipinski definition) is 2. The normalized spacial score (nSPS) is 8.43. The maximum atomic E-state index is 9.79. The Bertz CT molecular complexity index is 62.7. The molecule has 0 aromatic rings.